The molecule has 1 saturated carbocycles. The molecule has 5 rings (SSSR count). The Kier molecular flexibility index (Phi) is 5.68. The second-order valence-electron chi connectivity index (χ2n) is 8.93. The van der Waals surface area contributed by atoms with Crippen LogP contribution < -0.4 is 4.74 Å². The minimum Gasteiger partial charge on any atom is -0.487 e. The summed E-state index contributed by atoms with van der Waals surface area (Å²) in [6.07, 6.45) is 9.15. The number of benzene rings is 1. The zero-order chi connectivity index (χ0) is 22.1. The van der Waals surface area contributed by atoms with E-state index < -0.39 is 0 Å². The lowest BCUT2D eigenvalue weighted by atomic mass is 9.87. The SMILES string of the molecule is C=CCc1c(OCc2ccccn2)ccc2c1CN1C(=O)CN(C3CCCC3)C(=O)[C@H]1C2. The van der Waals surface area contributed by atoms with Crippen LogP contribution in [0.15, 0.2) is 49.2 Å². The van der Waals surface area contributed by atoms with E-state index in [1.54, 1.807) is 11.1 Å². The number of piperazine rings is 1. The molecule has 0 unspecified atom stereocenters. The summed E-state index contributed by atoms with van der Waals surface area (Å²) in [4.78, 5) is 34.4. The lowest BCUT2D eigenvalue weighted by Gasteiger charge is -2.45. The van der Waals surface area contributed by atoms with Gasteiger partial charge in [-0.05, 0) is 48.6 Å². The summed E-state index contributed by atoms with van der Waals surface area (Å²) < 4.78 is 6.12. The predicted octanol–water partition coefficient (Wildman–Crippen LogP) is 3.43. The van der Waals surface area contributed by atoms with Crippen molar-refractivity contribution in [2.45, 2.75) is 63.8 Å². The van der Waals surface area contributed by atoms with Crippen molar-refractivity contribution in [2.75, 3.05) is 6.54 Å². The summed E-state index contributed by atoms with van der Waals surface area (Å²) in [6, 6.07) is 9.64. The summed E-state index contributed by atoms with van der Waals surface area (Å²) in [7, 11) is 0. The van der Waals surface area contributed by atoms with Crippen molar-refractivity contribution in [1.29, 1.82) is 0 Å². The van der Waals surface area contributed by atoms with E-state index in [-0.39, 0.29) is 30.4 Å². The maximum atomic E-state index is 13.3. The summed E-state index contributed by atoms with van der Waals surface area (Å²) in [5, 5.41) is 0. The average molecular weight is 432 g/mol. The van der Waals surface area contributed by atoms with E-state index in [2.05, 4.69) is 17.6 Å². The maximum absolute atomic E-state index is 13.3. The molecule has 0 N–H and O–H groups in total. The fourth-order valence-electron chi connectivity index (χ4n) is 5.36. The number of fused-ring (bicyclic) bond motifs is 2. The molecule has 1 saturated heterocycles. The summed E-state index contributed by atoms with van der Waals surface area (Å²) >= 11 is 0. The van der Waals surface area contributed by atoms with Crippen LogP contribution in [0.25, 0.3) is 0 Å². The Balaban J connectivity index is 1.42. The third-order valence-corrected chi connectivity index (χ3v) is 7.01. The minimum absolute atomic E-state index is 0.0523. The van der Waals surface area contributed by atoms with Crippen LogP contribution in [0.3, 0.4) is 0 Å². The first-order valence-corrected chi connectivity index (χ1v) is 11.5. The van der Waals surface area contributed by atoms with Crippen molar-refractivity contribution in [3.8, 4) is 5.75 Å². The first kappa shape index (κ1) is 20.7. The topological polar surface area (TPSA) is 62.7 Å². The Labute approximate surface area is 188 Å². The average Bonchev–Trinajstić information content (AvgIpc) is 3.35. The molecule has 6 heteroatoms. The van der Waals surface area contributed by atoms with Crippen molar-refractivity contribution < 1.29 is 14.3 Å². The molecule has 1 atom stereocenters. The van der Waals surface area contributed by atoms with E-state index in [0.29, 0.717) is 26.0 Å². The molecular weight excluding hydrogens is 402 g/mol. The van der Waals surface area contributed by atoms with Crippen molar-refractivity contribution in [2.24, 2.45) is 0 Å². The van der Waals surface area contributed by atoms with Crippen LogP contribution in [0.1, 0.15) is 48.1 Å². The molecule has 0 spiro atoms. The van der Waals surface area contributed by atoms with Crippen molar-refractivity contribution in [1.82, 2.24) is 14.8 Å². The predicted molar refractivity (Wildman–Crippen MR) is 121 cm³/mol. The standard InChI is InChI=1S/C26H29N3O3/c1-2-7-21-22-15-29-23(26(31)28(16-25(29)30)20-9-3-4-10-20)14-18(22)11-12-24(21)32-17-19-8-5-6-13-27-19/h2,5-6,8,11-13,20,23H,1,3-4,7,9-10,14-17H2/t23-/m1/s1. The number of nitrogens with zero attached hydrogens (tertiary/aromatic N) is 3. The largest absolute Gasteiger partial charge is 0.487 e. The van der Waals surface area contributed by atoms with Crippen LogP contribution in [0.2, 0.25) is 0 Å². The normalized spacial score (nSPS) is 20.8. The van der Waals surface area contributed by atoms with Crippen LogP contribution >= 0.6 is 0 Å². The zero-order valence-corrected chi connectivity index (χ0v) is 18.3. The number of ether oxygens (including phenoxy) is 1. The fraction of sp³-hybridized carbons (Fsp3) is 0.423. The van der Waals surface area contributed by atoms with Gasteiger partial charge in [0.05, 0.1) is 5.69 Å². The zero-order valence-electron chi connectivity index (χ0n) is 18.3. The van der Waals surface area contributed by atoms with Crippen LogP contribution in [0, 0.1) is 0 Å². The van der Waals surface area contributed by atoms with Gasteiger partial charge < -0.3 is 14.5 Å². The molecule has 0 radical (unpaired) electrons. The number of allylic oxidation sites excluding steroid dienone is 1. The lowest BCUT2D eigenvalue weighted by Crippen LogP contribution is -2.63. The van der Waals surface area contributed by atoms with Crippen LogP contribution in [0.4, 0.5) is 0 Å². The molecule has 2 aliphatic heterocycles. The molecule has 32 heavy (non-hydrogen) atoms. The number of carbonyl (C=O) groups is 2. The van der Waals surface area contributed by atoms with Gasteiger partial charge in [0.15, 0.2) is 0 Å². The van der Waals surface area contributed by atoms with E-state index in [1.807, 2.05) is 35.2 Å². The Morgan fingerprint density at radius 1 is 1.09 bits per heavy atom. The molecule has 166 valence electrons. The highest BCUT2D eigenvalue weighted by molar-refractivity contribution is 5.95. The van der Waals surface area contributed by atoms with Crippen molar-refractivity contribution in [3.63, 3.8) is 0 Å². The van der Waals surface area contributed by atoms with Gasteiger partial charge in [0, 0.05) is 30.8 Å². The Morgan fingerprint density at radius 3 is 2.69 bits per heavy atom. The molecule has 2 amide bonds. The smallest absolute Gasteiger partial charge is 0.246 e. The molecule has 0 bridgehead atoms. The van der Waals surface area contributed by atoms with Crippen LogP contribution in [0.5, 0.6) is 5.75 Å². The number of carbonyl (C=O) groups excluding carboxylic acids is 2. The Bertz CT molecular complexity index is 1030. The highest BCUT2D eigenvalue weighted by Crippen LogP contribution is 2.36. The Morgan fingerprint density at radius 2 is 1.94 bits per heavy atom. The number of aromatic nitrogens is 1. The summed E-state index contributed by atoms with van der Waals surface area (Å²) in [6.45, 7) is 4.96. The van der Waals surface area contributed by atoms with Gasteiger partial charge in [-0.15, -0.1) is 6.58 Å². The van der Waals surface area contributed by atoms with Gasteiger partial charge in [0.2, 0.25) is 11.8 Å². The van der Waals surface area contributed by atoms with E-state index in [9.17, 15) is 9.59 Å². The fourth-order valence-corrected chi connectivity index (χ4v) is 5.36. The molecule has 1 aromatic carbocycles. The molecular formula is C26H29N3O3. The highest BCUT2D eigenvalue weighted by Gasteiger charge is 2.45. The van der Waals surface area contributed by atoms with Gasteiger partial charge in [-0.2, -0.15) is 0 Å². The third-order valence-electron chi connectivity index (χ3n) is 7.01. The number of amides is 2. The van der Waals surface area contributed by atoms with Gasteiger partial charge in [-0.25, -0.2) is 0 Å². The summed E-state index contributed by atoms with van der Waals surface area (Å²) in [5.41, 5.74) is 4.13. The van der Waals surface area contributed by atoms with Gasteiger partial charge >= 0.3 is 0 Å². The lowest BCUT2D eigenvalue weighted by molar-refractivity contribution is -0.159. The maximum Gasteiger partial charge on any atom is 0.246 e. The van der Waals surface area contributed by atoms with E-state index >= 15 is 0 Å². The highest BCUT2D eigenvalue weighted by atomic mass is 16.5. The molecule has 2 fully saturated rings. The van der Waals surface area contributed by atoms with E-state index in [0.717, 1.165) is 53.8 Å². The molecule has 1 aromatic heterocycles. The first-order chi connectivity index (χ1) is 15.7. The number of hydrogen-bond acceptors (Lipinski definition) is 4. The van der Waals surface area contributed by atoms with Gasteiger partial charge in [-0.3, -0.25) is 14.6 Å². The second kappa shape index (κ2) is 8.77. The van der Waals surface area contributed by atoms with Crippen LogP contribution in [-0.4, -0.2) is 45.2 Å². The van der Waals surface area contributed by atoms with E-state index in [1.165, 1.54) is 0 Å². The second-order valence-corrected chi connectivity index (χ2v) is 8.93. The summed E-state index contributed by atoms with van der Waals surface area (Å²) in [5.74, 6) is 0.954. The molecule has 1 aliphatic carbocycles. The third kappa shape index (κ3) is 3.78. The molecule has 2 aromatic rings. The number of rotatable bonds is 6. The van der Waals surface area contributed by atoms with Crippen LogP contribution in [-0.2, 0) is 35.6 Å². The number of pyridine rings is 1. The van der Waals surface area contributed by atoms with Gasteiger partial charge in [-0.1, -0.05) is 31.1 Å². The van der Waals surface area contributed by atoms with Gasteiger partial charge in [0.1, 0.15) is 24.9 Å². The minimum atomic E-state index is -0.388. The van der Waals surface area contributed by atoms with Crippen molar-refractivity contribution in [3.05, 3.63) is 71.6 Å². The molecule has 3 heterocycles. The Hall–Kier alpha value is -3.15. The first-order valence-electron chi connectivity index (χ1n) is 11.5. The van der Waals surface area contributed by atoms with Crippen molar-refractivity contribution >= 4 is 11.8 Å². The molecule has 6 nitrogen and oxygen atoms in total. The monoisotopic (exact) mass is 431 g/mol. The van der Waals surface area contributed by atoms with E-state index in [4.69, 9.17) is 4.74 Å². The quantitative estimate of drug-likeness (QED) is 0.658. The van der Waals surface area contributed by atoms with Gasteiger partial charge in [0.25, 0.3) is 0 Å². The molecule has 3 aliphatic rings. The number of hydrogen-bond donors (Lipinski definition) is 0.